The summed E-state index contributed by atoms with van der Waals surface area (Å²) in [4.78, 5) is 23.8. The van der Waals surface area contributed by atoms with Gasteiger partial charge < -0.3 is 9.47 Å². The first-order valence-corrected chi connectivity index (χ1v) is 9.37. The Morgan fingerprint density at radius 3 is 1.33 bits per heavy atom. The van der Waals surface area contributed by atoms with Crippen LogP contribution in [0.3, 0.4) is 0 Å². The maximum Gasteiger partial charge on any atom is 0.310 e. The van der Waals surface area contributed by atoms with Gasteiger partial charge in [-0.05, 0) is 34.4 Å². The summed E-state index contributed by atoms with van der Waals surface area (Å²) < 4.78 is 37.5. The van der Waals surface area contributed by atoms with E-state index in [1.165, 1.54) is 12.1 Å². The Balaban J connectivity index is 1.43. The SMILES string of the molecule is O=C(Cc1ccccc1F)OCc1ccc(COC(=O)Cc2ccccc2F)cc1. The van der Waals surface area contributed by atoms with Gasteiger partial charge in [0.1, 0.15) is 24.8 Å². The Labute approximate surface area is 173 Å². The molecule has 0 aliphatic heterocycles. The molecule has 30 heavy (non-hydrogen) atoms. The van der Waals surface area contributed by atoms with Gasteiger partial charge in [-0.15, -0.1) is 0 Å². The van der Waals surface area contributed by atoms with Crippen molar-refractivity contribution in [3.8, 4) is 0 Å². The van der Waals surface area contributed by atoms with Crippen molar-refractivity contribution in [1.82, 2.24) is 0 Å². The number of rotatable bonds is 8. The molecule has 0 aliphatic rings. The van der Waals surface area contributed by atoms with Crippen LogP contribution in [-0.4, -0.2) is 11.9 Å². The van der Waals surface area contributed by atoms with E-state index in [1.807, 2.05) is 0 Å². The number of benzene rings is 3. The second kappa shape index (κ2) is 10.3. The topological polar surface area (TPSA) is 52.6 Å². The fourth-order valence-electron chi connectivity index (χ4n) is 2.76. The largest absolute Gasteiger partial charge is 0.461 e. The Kier molecular flexibility index (Phi) is 7.27. The first-order chi connectivity index (χ1) is 14.5. The van der Waals surface area contributed by atoms with Crippen molar-refractivity contribution in [3.63, 3.8) is 0 Å². The number of carbonyl (C=O) groups is 2. The molecule has 0 N–H and O–H groups in total. The fraction of sp³-hybridized carbons (Fsp3) is 0.167. The van der Waals surface area contributed by atoms with E-state index in [-0.39, 0.29) is 37.2 Å². The third-order valence-electron chi connectivity index (χ3n) is 4.41. The molecular weight excluding hydrogens is 390 g/mol. The van der Waals surface area contributed by atoms with Crippen molar-refractivity contribution in [2.24, 2.45) is 0 Å². The van der Waals surface area contributed by atoms with E-state index in [0.29, 0.717) is 0 Å². The van der Waals surface area contributed by atoms with Crippen LogP contribution in [0.2, 0.25) is 0 Å². The standard InChI is InChI=1S/C24H20F2O4/c25-21-7-3-1-5-19(21)13-23(27)29-15-17-9-11-18(12-10-17)16-30-24(28)14-20-6-2-4-8-22(20)26/h1-12H,13-16H2. The van der Waals surface area contributed by atoms with Gasteiger partial charge in [-0.1, -0.05) is 60.7 Å². The van der Waals surface area contributed by atoms with Crippen LogP contribution in [0, 0.1) is 11.6 Å². The Bertz CT molecular complexity index is 933. The summed E-state index contributed by atoms with van der Waals surface area (Å²) >= 11 is 0. The molecule has 0 saturated heterocycles. The van der Waals surface area contributed by atoms with Gasteiger partial charge in [0.2, 0.25) is 0 Å². The lowest BCUT2D eigenvalue weighted by atomic mass is 10.1. The van der Waals surface area contributed by atoms with Crippen molar-refractivity contribution < 1.29 is 27.8 Å². The van der Waals surface area contributed by atoms with Gasteiger partial charge >= 0.3 is 11.9 Å². The molecular formula is C24H20F2O4. The van der Waals surface area contributed by atoms with Crippen LogP contribution >= 0.6 is 0 Å². The van der Waals surface area contributed by atoms with E-state index in [9.17, 15) is 18.4 Å². The first kappa shape index (κ1) is 21.2. The minimum Gasteiger partial charge on any atom is -0.461 e. The predicted octanol–water partition coefficient (Wildman–Crippen LogP) is 4.54. The third kappa shape index (κ3) is 6.24. The van der Waals surface area contributed by atoms with Crippen molar-refractivity contribution in [2.45, 2.75) is 26.1 Å². The number of ether oxygens (including phenoxy) is 2. The van der Waals surface area contributed by atoms with E-state index in [1.54, 1.807) is 60.7 Å². The molecule has 0 radical (unpaired) electrons. The molecule has 0 amide bonds. The molecule has 0 atom stereocenters. The maximum atomic E-state index is 13.6. The molecule has 154 valence electrons. The summed E-state index contributed by atoms with van der Waals surface area (Å²) in [5.41, 5.74) is 2.07. The quantitative estimate of drug-likeness (QED) is 0.512. The van der Waals surface area contributed by atoms with E-state index in [4.69, 9.17) is 9.47 Å². The summed E-state index contributed by atoms with van der Waals surface area (Å²) in [6, 6.07) is 19.1. The van der Waals surface area contributed by atoms with Crippen LogP contribution in [0.5, 0.6) is 0 Å². The molecule has 6 heteroatoms. The lowest BCUT2D eigenvalue weighted by Crippen LogP contribution is -2.10. The second-order valence-electron chi connectivity index (χ2n) is 6.67. The van der Waals surface area contributed by atoms with Crippen LogP contribution in [0.25, 0.3) is 0 Å². The summed E-state index contributed by atoms with van der Waals surface area (Å²) in [6.45, 7) is 0.112. The predicted molar refractivity (Wildman–Crippen MR) is 106 cm³/mol. The zero-order chi connectivity index (χ0) is 21.3. The van der Waals surface area contributed by atoms with Crippen LogP contribution in [0.4, 0.5) is 8.78 Å². The smallest absolute Gasteiger partial charge is 0.310 e. The van der Waals surface area contributed by atoms with Crippen LogP contribution in [-0.2, 0) is 45.1 Å². The average Bonchev–Trinajstić information content (AvgIpc) is 2.75. The van der Waals surface area contributed by atoms with Gasteiger partial charge in [0.05, 0.1) is 12.8 Å². The number of halogens is 2. The third-order valence-corrected chi connectivity index (χ3v) is 4.41. The lowest BCUT2D eigenvalue weighted by Gasteiger charge is -2.08. The van der Waals surface area contributed by atoms with E-state index >= 15 is 0 Å². The van der Waals surface area contributed by atoms with Crippen molar-refractivity contribution in [1.29, 1.82) is 0 Å². The molecule has 4 nitrogen and oxygen atoms in total. The van der Waals surface area contributed by atoms with Gasteiger partial charge in [0, 0.05) is 0 Å². The molecule has 3 rings (SSSR count). The molecule has 0 bridgehead atoms. The van der Waals surface area contributed by atoms with E-state index in [2.05, 4.69) is 0 Å². The van der Waals surface area contributed by atoms with E-state index < -0.39 is 23.6 Å². The highest BCUT2D eigenvalue weighted by Crippen LogP contribution is 2.12. The van der Waals surface area contributed by atoms with Crippen molar-refractivity contribution in [3.05, 3.63) is 107 Å². The Hall–Kier alpha value is -3.54. The van der Waals surface area contributed by atoms with Gasteiger partial charge in [0.25, 0.3) is 0 Å². The minimum absolute atomic E-state index is 0.0562. The molecule has 0 fully saturated rings. The summed E-state index contributed by atoms with van der Waals surface area (Å²) in [7, 11) is 0. The highest BCUT2D eigenvalue weighted by molar-refractivity contribution is 5.73. The number of esters is 2. The molecule has 0 saturated carbocycles. The molecule has 0 heterocycles. The number of carbonyl (C=O) groups excluding carboxylic acids is 2. The normalized spacial score (nSPS) is 10.5. The molecule has 0 aliphatic carbocycles. The molecule has 3 aromatic carbocycles. The second-order valence-corrected chi connectivity index (χ2v) is 6.67. The van der Waals surface area contributed by atoms with Gasteiger partial charge in [-0.25, -0.2) is 8.78 Å². The van der Waals surface area contributed by atoms with Gasteiger partial charge in [0.15, 0.2) is 0 Å². The van der Waals surface area contributed by atoms with Crippen LogP contribution < -0.4 is 0 Å². The maximum absolute atomic E-state index is 13.6. The van der Waals surface area contributed by atoms with Gasteiger partial charge in [-0.3, -0.25) is 9.59 Å². The summed E-state index contributed by atoms with van der Waals surface area (Å²) in [5, 5.41) is 0. The average molecular weight is 410 g/mol. The highest BCUT2D eigenvalue weighted by Gasteiger charge is 2.10. The minimum atomic E-state index is -0.522. The summed E-state index contributed by atoms with van der Waals surface area (Å²) in [5.74, 6) is -1.93. The van der Waals surface area contributed by atoms with E-state index in [0.717, 1.165) is 11.1 Å². The van der Waals surface area contributed by atoms with Crippen LogP contribution in [0.15, 0.2) is 72.8 Å². The zero-order valence-electron chi connectivity index (χ0n) is 16.1. The van der Waals surface area contributed by atoms with Crippen molar-refractivity contribution in [2.75, 3.05) is 0 Å². The molecule has 0 spiro atoms. The summed E-state index contributed by atoms with van der Waals surface area (Å²) in [6.07, 6.45) is -0.272. The Morgan fingerprint density at radius 1 is 0.600 bits per heavy atom. The molecule has 3 aromatic rings. The molecule has 0 unspecified atom stereocenters. The van der Waals surface area contributed by atoms with Crippen molar-refractivity contribution >= 4 is 11.9 Å². The lowest BCUT2D eigenvalue weighted by molar-refractivity contribution is -0.145. The van der Waals surface area contributed by atoms with Crippen LogP contribution in [0.1, 0.15) is 22.3 Å². The Morgan fingerprint density at radius 2 is 0.967 bits per heavy atom. The zero-order valence-corrected chi connectivity index (χ0v) is 16.1. The molecule has 0 aromatic heterocycles. The number of hydrogen-bond acceptors (Lipinski definition) is 4. The highest BCUT2D eigenvalue weighted by atomic mass is 19.1. The monoisotopic (exact) mass is 410 g/mol. The van der Waals surface area contributed by atoms with Gasteiger partial charge in [-0.2, -0.15) is 0 Å². The first-order valence-electron chi connectivity index (χ1n) is 9.37. The fourth-order valence-corrected chi connectivity index (χ4v) is 2.76. The number of hydrogen-bond donors (Lipinski definition) is 0.